The molecule has 0 amide bonds. The summed E-state index contributed by atoms with van der Waals surface area (Å²) in [7, 11) is 0. The van der Waals surface area contributed by atoms with E-state index in [4.69, 9.17) is 6.57 Å². The summed E-state index contributed by atoms with van der Waals surface area (Å²) in [4.78, 5) is 3.48. The van der Waals surface area contributed by atoms with Gasteiger partial charge in [0, 0.05) is 16.7 Å². The molecule has 2 heterocycles. The monoisotopic (exact) mass is 278 g/mol. The minimum absolute atomic E-state index is 0.278. The van der Waals surface area contributed by atoms with Gasteiger partial charge in [0.2, 0.25) is 5.69 Å². The molecule has 0 saturated heterocycles. The summed E-state index contributed by atoms with van der Waals surface area (Å²) in [5.74, 6) is 0. The number of aromatic nitrogens is 2. The highest BCUT2D eigenvalue weighted by Crippen LogP contribution is 2.31. The van der Waals surface area contributed by atoms with E-state index < -0.39 is 0 Å². The predicted molar refractivity (Wildman–Crippen MR) is 67.9 cm³/mol. The Hall–Kier alpha value is -1.54. The van der Waals surface area contributed by atoms with Gasteiger partial charge < -0.3 is 5.32 Å². The maximum absolute atomic E-state index is 7.13. The van der Waals surface area contributed by atoms with E-state index in [1.807, 2.05) is 26.1 Å². The number of anilines is 1. The molecule has 0 bridgehead atoms. The molecule has 0 spiro atoms. The first-order valence-corrected chi connectivity index (χ1v) is 5.72. The topological polar surface area (TPSA) is 33.7 Å². The number of hydrogen-bond acceptors (Lipinski definition) is 2. The van der Waals surface area contributed by atoms with Crippen molar-refractivity contribution in [2.45, 2.75) is 19.9 Å². The number of fused-ring (bicyclic) bond motifs is 1. The van der Waals surface area contributed by atoms with E-state index in [0.717, 1.165) is 15.7 Å². The van der Waals surface area contributed by atoms with Crippen LogP contribution in [0.2, 0.25) is 0 Å². The fraction of sp³-hybridized carbons (Fsp3) is 0.273. The molecule has 0 aliphatic carbocycles. The third kappa shape index (κ3) is 1.89. The average Bonchev–Trinajstić information content (AvgIpc) is 2.59. The maximum atomic E-state index is 7.13. The van der Waals surface area contributed by atoms with Gasteiger partial charge in [-0.25, -0.2) is 9.36 Å². The molecule has 0 saturated carbocycles. The molecule has 5 heteroatoms. The fourth-order valence-corrected chi connectivity index (χ4v) is 1.95. The SMILES string of the molecule is [C-]#[N+]c1cnn2cc(Br)cc2c1NC(C)C. The van der Waals surface area contributed by atoms with Crippen LogP contribution in [0, 0.1) is 6.57 Å². The number of hydrogen-bond donors (Lipinski definition) is 1. The van der Waals surface area contributed by atoms with Gasteiger partial charge in [-0.15, -0.1) is 0 Å². The Morgan fingerprint density at radius 2 is 2.31 bits per heavy atom. The van der Waals surface area contributed by atoms with E-state index >= 15 is 0 Å². The highest BCUT2D eigenvalue weighted by atomic mass is 79.9. The second-order valence-electron chi connectivity index (χ2n) is 3.80. The van der Waals surface area contributed by atoms with E-state index in [0.29, 0.717) is 5.69 Å². The van der Waals surface area contributed by atoms with Crippen molar-refractivity contribution in [3.63, 3.8) is 0 Å². The lowest BCUT2D eigenvalue weighted by Gasteiger charge is -2.12. The Morgan fingerprint density at radius 1 is 1.56 bits per heavy atom. The molecule has 2 rings (SSSR count). The van der Waals surface area contributed by atoms with Crippen LogP contribution in [-0.2, 0) is 0 Å². The second-order valence-corrected chi connectivity index (χ2v) is 4.72. The molecule has 0 aliphatic rings. The quantitative estimate of drug-likeness (QED) is 0.854. The molecule has 16 heavy (non-hydrogen) atoms. The van der Waals surface area contributed by atoms with Gasteiger partial charge in [-0.1, -0.05) is 0 Å². The Morgan fingerprint density at radius 3 is 2.94 bits per heavy atom. The van der Waals surface area contributed by atoms with E-state index in [2.05, 4.69) is 31.2 Å². The van der Waals surface area contributed by atoms with E-state index in [1.165, 1.54) is 0 Å². The van der Waals surface area contributed by atoms with Crippen molar-refractivity contribution in [1.82, 2.24) is 9.61 Å². The summed E-state index contributed by atoms with van der Waals surface area (Å²) in [6, 6.07) is 2.23. The summed E-state index contributed by atoms with van der Waals surface area (Å²) >= 11 is 3.41. The molecule has 2 aromatic heterocycles. The molecule has 0 aliphatic heterocycles. The summed E-state index contributed by atoms with van der Waals surface area (Å²) in [6.45, 7) is 11.2. The summed E-state index contributed by atoms with van der Waals surface area (Å²) in [5.41, 5.74) is 2.30. The van der Waals surface area contributed by atoms with Crippen LogP contribution in [0.25, 0.3) is 10.4 Å². The van der Waals surface area contributed by atoms with Gasteiger partial charge in [0.15, 0.2) is 0 Å². The van der Waals surface area contributed by atoms with Gasteiger partial charge in [0.1, 0.15) is 0 Å². The Kier molecular flexibility index (Phi) is 2.84. The average molecular weight is 279 g/mol. The second kappa shape index (κ2) is 4.14. The zero-order valence-electron chi connectivity index (χ0n) is 9.03. The minimum Gasteiger partial charge on any atom is -0.390 e. The van der Waals surface area contributed by atoms with Crippen molar-refractivity contribution in [3.8, 4) is 0 Å². The molecule has 82 valence electrons. The maximum Gasteiger partial charge on any atom is 0.231 e. The van der Waals surface area contributed by atoms with Crippen LogP contribution >= 0.6 is 15.9 Å². The lowest BCUT2D eigenvalue weighted by atomic mass is 10.3. The third-order valence-corrected chi connectivity index (χ3v) is 2.57. The van der Waals surface area contributed by atoms with Crippen LogP contribution in [0.5, 0.6) is 0 Å². The zero-order valence-corrected chi connectivity index (χ0v) is 10.6. The molecule has 1 N–H and O–H groups in total. The van der Waals surface area contributed by atoms with Crippen molar-refractivity contribution in [2.24, 2.45) is 0 Å². The van der Waals surface area contributed by atoms with Gasteiger partial charge in [0.25, 0.3) is 0 Å². The summed E-state index contributed by atoms with van der Waals surface area (Å²) in [6.07, 6.45) is 3.45. The van der Waals surface area contributed by atoms with Crippen LogP contribution in [-0.4, -0.2) is 15.7 Å². The van der Waals surface area contributed by atoms with Gasteiger partial charge in [-0.2, -0.15) is 5.10 Å². The number of halogens is 1. The van der Waals surface area contributed by atoms with Crippen LogP contribution in [0.1, 0.15) is 13.8 Å². The lowest BCUT2D eigenvalue weighted by Crippen LogP contribution is -2.11. The molecule has 0 unspecified atom stereocenters. The van der Waals surface area contributed by atoms with Gasteiger partial charge >= 0.3 is 0 Å². The number of nitrogens with zero attached hydrogens (tertiary/aromatic N) is 3. The predicted octanol–water partition coefficient (Wildman–Crippen LogP) is 3.47. The van der Waals surface area contributed by atoms with Crippen molar-refractivity contribution in [3.05, 3.63) is 34.3 Å². The first-order valence-electron chi connectivity index (χ1n) is 4.92. The third-order valence-electron chi connectivity index (χ3n) is 2.14. The van der Waals surface area contributed by atoms with Crippen molar-refractivity contribution in [2.75, 3.05) is 5.32 Å². The normalized spacial score (nSPS) is 10.7. The van der Waals surface area contributed by atoms with E-state index in [1.54, 1.807) is 10.7 Å². The first-order chi connectivity index (χ1) is 7.61. The smallest absolute Gasteiger partial charge is 0.231 e. The van der Waals surface area contributed by atoms with Crippen molar-refractivity contribution < 1.29 is 0 Å². The highest BCUT2D eigenvalue weighted by Gasteiger charge is 2.10. The molecule has 4 nitrogen and oxygen atoms in total. The number of rotatable bonds is 2. The molecule has 2 aromatic rings. The number of nitrogens with one attached hydrogen (secondary N) is 1. The largest absolute Gasteiger partial charge is 0.390 e. The van der Waals surface area contributed by atoms with Crippen LogP contribution in [0.4, 0.5) is 11.4 Å². The van der Waals surface area contributed by atoms with Crippen molar-refractivity contribution in [1.29, 1.82) is 0 Å². The van der Waals surface area contributed by atoms with Crippen LogP contribution < -0.4 is 5.32 Å². The van der Waals surface area contributed by atoms with Crippen LogP contribution in [0.3, 0.4) is 0 Å². The Bertz CT molecular complexity index is 565. The highest BCUT2D eigenvalue weighted by molar-refractivity contribution is 9.10. The van der Waals surface area contributed by atoms with E-state index in [-0.39, 0.29) is 6.04 Å². The molecule has 0 aromatic carbocycles. The molecule has 0 atom stereocenters. The Balaban J connectivity index is 2.68. The minimum atomic E-state index is 0.278. The zero-order chi connectivity index (χ0) is 11.7. The van der Waals surface area contributed by atoms with Crippen LogP contribution in [0.15, 0.2) is 22.9 Å². The van der Waals surface area contributed by atoms with Gasteiger partial charge in [0.05, 0.1) is 24.0 Å². The molecule has 0 fully saturated rings. The molecule has 0 radical (unpaired) electrons. The Labute approximate surface area is 102 Å². The van der Waals surface area contributed by atoms with E-state index in [9.17, 15) is 0 Å². The lowest BCUT2D eigenvalue weighted by molar-refractivity contribution is 0.890. The summed E-state index contributed by atoms with van der Waals surface area (Å²) < 4.78 is 2.71. The summed E-state index contributed by atoms with van der Waals surface area (Å²) in [5, 5.41) is 7.46. The standard InChI is InChI=1S/C11H11BrN4/c1-7(2)15-11-9(13-3)5-14-16-6-8(12)4-10(11)16/h4-7,15H,1-2H3. The first kappa shape index (κ1) is 11.0. The molecular weight excluding hydrogens is 268 g/mol. The van der Waals surface area contributed by atoms with Crippen molar-refractivity contribution >= 4 is 32.8 Å². The van der Waals surface area contributed by atoms with Gasteiger partial charge in [-0.3, -0.25) is 0 Å². The molecular formula is C11H11BrN4. The van der Waals surface area contributed by atoms with Gasteiger partial charge in [-0.05, 0) is 35.8 Å². The fourth-order valence-electron chi connectivity index (χ4n) is 1.54.